The molecule has 102 valence electrons. The Morgan fingerprint density at radius 3 is 2.29 bits per heavy atom. The third kappa shape index (κ3) is 6.45. The van der Waals surface area contributed by atoms with Gasteiger partial charge in [-0.05, 0) is 31.3 Å². The van der Waals surface area contributed by atoms with E-state index in [1.807, 2.05) is 0 Å². The summed E-state index contributed by atoms with van der Waals surface area (Å²) in [7, 11) is 0. The minimum absolute atomic E-state index is 0.993. The van der Waals surface area contributed by atoms with Crippen molar-refractivity contribution in [2.24, 2.45) is 11.8 Å². The molecule has 2 unspecified atom stereocenters. The van der Waals surface area contributed by atoms with Gasteiger partial charge in [0.1, 0.15) is 0 Å². The summed E-state index contributed by atoms with van der Waals surface area (Å²) in [5.74, 6) is 2.01. The van der Waals surface area contributed by atoms with E-state index in [1.54, 1.807) is 0 Å². The van der Waals surface area contributed by atoms with Gasteiger partial charge in [-0.15, -0.1) is 0 Å². The lowest BCUT2D eigenvalue weighted by molar-refractivity contribution is 0.296. The normalized spacial score (nSPS) is 21.9. The Balaban J connectivity index is 2.15. The molecule has 0 aromatic rings. The highest BCUT2D eigenvalue weighted by Crippen LogP contribution is 2.29. The topological polar surface area (TPSA) is 12.0 Å². The molecule has 1 rings (SSSR count). The number of rotatable bonds is 10. The number of unbranched alkanes of at least 4 members (excludes halogenated alkanes) is 5. The van der Waals surface area contributed by atoms with Crippen molar-refractivity contribution in [2.75, 3.05) is 13.1 Å². The van der Waals surface area contributed by atoms with Crippen molar-refractivity contribution < 1.29 is 0 Å². The van der Waals surface area contributed by atoms with Gasteiger partial charge >= 0.3 is 0 Å². The summed E-state index contributed by atoms with van der Waals surface area (Å²) < 4.78 is 0. The molecule has 2 atom stereocenters. The third-order valence-electron chi connectivity index (χ3n) is 4.37. The molecule has 1 saturated heterocycles. The van der Waals surface area contributed by atoms with E-state index in [1.165, 1.54) is 77.3 Å². The minimum Gasteiger partial charge on any atom is -0.316 e. The average molecular weight is 239 g/mol. The average Bonchev–Trinajstić information content (AvgIpc) is 2.86. The van der Waals surface area contributed by atoms with Crippen LogP contribution in [0.4, 0.5) is 0 Å². The third-order valence-corrected chi connectivity index (χ3v) is 4.37. The molecule has 0 radical (unpaired) electrons. The lowest BCUT2D eigenvalue weighted by Gasteiger charge is -2.22. The van der Waals surface area contributed by atoms with Gasteiger partial charge in [0.2, 0.25) is 0 Å². The van der Waals surface area contributed by atoms with Crippen LogP contribution in [0.3, 0.4) is 0 Å². The molecule has 1 aliphatic rings. The van der Waals surface area contributed by atoms with Crippen molar-refractivity contribution in [3.8, 4) is 0 Å². The summed E-state index contributed by atoms with van der Waals surface area (Å²) in [4.78, 5) is 0. The molecule has 0 aliphatic carbocycles. The number of nitrogens with one attached hydrogen (secondary N) is 1. The van der Waals surface area contributed by atoms with E-state index in [0.717, 1.165) is 11.8 Å². The van der Waals surface area contributed by atoms with E-state index in [4.69, 9.17) is 0 Å². The van der Waals surface area contributed by atoms with Gasteiger partial charge in [-0.1, -0.05) is 71.6 Å². The molecule has 1 nitrogen and oxygen atoms in total. The molecule has 0 aromatic carbocycles. The Morgan fingerprint density at radius 2 is 1.65 bits per heavy atom. The molecule has 1 aliphatic heterocycles. The maximum Gasteiger partial charge on any atom is -0.00174 e. The summed E-state index contributed by atoms with van der Waals surface area (Å²) in [6.45, 7) is 7.19. The summed E-state index contributed by atoms with van der Waals surface area (Å²) in [6, 6.07) is 0. The SMILES string of the molecule is CCCCCCCC(CCCC)C1CCNC1. The molecule has 1 heterocycles. The van der Waals surface area contributed by atoms with E-state index in [0.29, 0.717) is 0 Å². The van der Waals surface area contributed by atoms with Crippen LogP contribution >= 0.6 is 0 Å². The predicted octanol–water partition coefficient (Wildman–Crippen LogP) is 4.76. The van der Waals surface area contributed by atoms with Gasteiger partial charge < -0.3 is 5.32 Å². The molecule has 1 heteroatoms. The molecule has 0 amide bonds. The maximum atomic E-state index is 3.54. The van der Waals surface area contributed by atoms with Gasteiger partial charge in [0.15, 0.2) is 0 Å². The maximum absolute atomic E-state index is 3.54. The Morgan fingerprint density at radius 1 is 0.941 bits per heavy atom. The Kier molecular flexibility index (Phi) is 8.78. The van der Waals surface area contributed by atoms with Crippen LogP contribution in [0.2, 0.25) is 0 Å². The summed E-state index contributed by atoms with van der Waals surface area (Å²) >= 11 is 0. The molecular weight excluding hydrogens is 206 g/mol. The van der Waals surface area contributed by atoms with Gasteiger partial charge in [0, 0.05) is 0 Å². The highest BCUT2D eigenvalue weighted by molar-refractivity contribution is 4.78. The fraction of sp³-hybridized carbons (Fsp3) is 1.00. The molecule has 0 bridgehead atoms. The van der Waals surface area contributed by atoms with Crippen LogP contribution in [0.25, 0.3) is 0 Å². The first-order valence-corrected chi connectivity index (χ1v) is 8.09. The van der Waals surface area contributed by atoms with Gasteiger partial charge in [0.25, 0.3) is 0 Å². The van der Waals surface area contributed by atoms with Gasteiger partial charge in [0.05, 0.1) is 0 Å². The van der Waals surface area contributed by atoms with E-state index in [2.05, 4.69) is 19.2 Å². The Bertz CT molecular complexity index is 161. The van der Waals surface area contributed by atoms with Crippen LogP contribution in [0.5, 0.6) is 0 Å². The van der Waals surface area contributed by atoms with E-state index in [-0.39, 0.29) is 0 Å². The Hall–Kier alpha value is -0.0400. The van der Waals surface area contributed by atoms with E-state index >= 15 is 0 Å². The smallest absolute Gasteiger partial charge is 0.00174 e. The van der Waals surface area contributed by atoms with Crippen LogP contribution in [0, 0.1) is 11.8 Å². The predicted molar refractivity (Wildman–Crippen MR) is 77.4 cm³/mol. The van der Waals surface area contributed by atoms with Crippen molar-refractivity contribution in [1.82, 2.24) is 5.32 Å². The van der Waals surface area contributed by atoms with Crippen molar-refractivity contribution in [2.45, 2.75) is 78.1 Å². The highest BCUT2D eigenvalue weighted by atomic mass is 14.9. The lowest BCUT2D eigenvalue weighted by Crippen LogP contribution is -2.18. The molecule has 1 N–H and O–H groups in total. The van der Waals surface area contributed by atoms with Crippen LogP contribution in [-0.2, 0) is 0 Å². The second-order valence-electron chi connectivity index (χ2n) is 5.86. The monoisotopic (exact) mass is 239 g/mol. The van der Waals surface area contributed by atoms with Crippen molar-refractivity contribution >= 4 is 0 Å². The van der Waals surface area contributed by atoms with E-state index < -0.39 is 0 Å². The Labute approximate surface area is 109 Å². The lowest BCUT2D eigenvalue weighted by atomic mass is 9.83. The number of hydrogen-bond donors (Lipinski definition) is 1. The first kappa shape index (κ1) is 15.0. The minimum atomic E-state index is 0.993. The van der Waals surface area contributed by atoms with Gasteiger partial charge in [-0.3, -0.25) is 0 Å². The van der Waals surface area contributed by atoms with Crippen molar-refractivity contribution in [1.29, 1.82) is 0 Å². The van der Waals surface area contributed by atoms with Gasteiger partial charge in [-0.25, -0.2) is 0 Å². The zero-order chi connectivity index (χ0) is 12.3. The zero-order valence-electron chi connectivity index (χ0n) is 12.1. The fourth-order valence-corrected chi connectivity index (χ4v) is 3.17. The number of hydrogen-bond acceptors (Lipinski definition) is 1. The second kappa shape index (κ2) is 9.94. The van der Waals surface area contributed by atoms with Crippen LogP contribution in [-0.4, -0.2) is 13.1 Å². The largest absolute Gasteiger partial charge is 0.316 e. The summed E-state index contributed by atoms with van der Waals surface area (Å²) in [5.41, 5.74) is 0. The molecule has 0 spiro atoms. The fourth-order valence-electron chi connectivity index (χ4n) is 3.17. The first-order chi connectivity index (χ1) is 8.38. The van der Waals surface area contributed by atoms with Gasteiger partial charge in [-0.2, -0.15) is 0 Å². The van der Waals surface area contributed by atoms with Crippen molar-refractivity contribution in [3.05, 3.63) is 0 Å². The molecule has 17 heavy (non-hydrogen) atoms. The van der Waals surface area contributed by atoms with Crippen LogP contribution < -0.4 is 5.32 Å². The highest BCUT2D eigenvalue weighted by Gasteiger charge is 2.23. The second-order valence-corrected chi connectivity index (χ2v) is 5.86. The summed E-state index contributed by atoms with van der Waals surface area (Å²) in [6.07, 6.45) is 14.4. The van der Waals surface area contributed by atoms with Crippen molar-refractivity contribution in [3.63, 3.8) is 0 Å². The molecule has 0 saturated carbocycles. The summed E-state index contributed by atoms with van der Waals surface area (Å²) in [5, 5.41) is 3.54. The van der Waals surface area contributed by atoms with Crippen LogP contribution in [0.1, 0.15) is 78.1 Å². The standard InChI is InChI=1S/C16H33N/c1-3-5-7-8-9-11-15(10-6-4-2)16-12-13-17-14-16/h15-17H,3-14H2,1-2H3. The molecular formula is C16H33N. The first-order valence-electron chi connectivity index (χ1n) is 8.09. The molecule has 1 fully saturated rings. The molecule has 0 aromatic heterocycles. The van der Waals surface area contributed by atoms with E-state index in [9.17, 15) is 0 Å². The quantitative estimate of drug-likeness (QED) is 0.542. The van der Waals surface area contributed by atoms with Crippen LogP contribution in [0.15, 0.2) is 0 Å². The zero-order valence-corrected chi connectivity index (χ0v) is 12.1.